The summed E-state index contributed by atoms with van der Waals surface area (Å²) < 4.78 is 10.7. The van der Waals surface area contributed by atoms with Gasteiger partial charge < -0.3 is 14.8 Å². The molecule has 2 fully saturated rings. The SMILES string of the molecule is COc1cc(/C=N\N2C(=O)N[C@@](C)(c3ccccc3)C2=O)ccc1OC(=O)C1CC1. The Balaban J connectivity index is 1.52. The highest BCUT2D eigenvalue weighted by Crippen LogP contribution is 2.34. The van der Waals surface area contributed by atoms with Crippen molar-refractivity contribution in [1.29, 1.82) is 0 Å². The number of ether oxygens (including phenoxy) is 2. The summed E-state index contributed by atoms with van der Waals surface area (Å²) in [5, 5.41) is 7.56. The standard InChI is InChI=1S/C22H21N3O5/c1-22(16-6-4-3-5-7-16)20(27)25(21(28)24-22)23-13-14-8-11-17(18(12-14)29-2)30-19(26)15-9-10-15/h3-8,11-13,15H,9-10H2,1-2H3,(H,24,28)/b23-13-/t22-/m0/s1. The topological polar surface area (TPSA) is 97.3 Å². The molecular weight excluding hydrogens is 386 g/mol. The highest BCUT2D eigenvalue weighted by atomic mass is 16.6. The first kappa shape index (κ1) is 19.6. The Hall–Kier alpha value is -3.68. The van der Waals surface area contributed by atoms with Crippen molar-refractivity contribution in [3.8, 4) is 11.5 Å². The molecule has 30 heavy (non-hydrogen) atoms. The van der Waals surface area contributed by atoms with Crippen LogP contribution in [0.4, 0.5) is 4.79 Å². The van der Waals surface area contributed by atoms with Gasteiger partial charge in [-0.25, -0.2) is 4.79 Å². The zero-order valence-corrected chi connectivity index (χ0v) is 16.6. The van der Waals surface area contributed by atoms with Crippen LogP contribution in [0, 0.1) is 5.92 Å². The Labute approximate surface area is 173 Å². The third-order valence-corrected chi connectivity index (χ3v) is 5.15. The number of hydrogen-bond acceptors (Lipinski definition) is 6. The molecule has 1 atom stereocenters. The maximum Gasteiger partial charge on any atom is 0.346 e. The van der Waals surface area contributed by atoms with Crippen molar-refractivity contribution in [2.75, 3.05) is 7.11 Å². The van der Waals surface area contributed by atoms with Crippen LogP contribution in [0.3, 0.4) is 0 Å². The van der Waals surface area contributed by atoms with Crippen LogP contribution in [0.15, 0.2) is 53.6 Å². The number of methoxy groups -OCH3 is 1. The third kappa shape index (κ3) is 3.63. The highest BCUT2D eigenvalue weighted by Gasteiger charge is 2.49. The van der Waals surface area contributed by atoms with Gasteiger partial charge in [-0.2, -0.15) is 5.10 Å². The van der Waals surface area contributed by atoms with Gasteiger partial charge in [-0.05, 0) is 49.1 Å². The summed E-state index contributed by atoms with van der Waals surface area (Å²) in [6, 6.07) is 13.3. The molecule has 2 aliphatic rings. The Morgan fingerprint density at radius 3 is 2.57 bits per heavy atom. The van der Waals surface area contributed by atoms with Crippen LogP contribution in [0.2, 0.25) is 0 Å². The molecule has 2 aromatic rings. The van der Waals surface area contributed by atoms with Crippen molar-refractivity contribution in [2.24, 2.45) is 11.0 Å². The van der Waals surface area contributed by atoms with E-state index in [2.05, 4.69) is 10.4 Å². The molecule has 0 spiro atoms. The molecule has 0 unspecified atom stereocenters. The zero-order valence-electron chi connectivity index (χ0n) is 16.6. The van der Waals surface area contributed by atoms with Gasteiger partial charge in [0.2, 0.25) is 0 Å². The van der Waals surface area contributed by atoms with Crippen LogP contribution in [0.5, 0.6) is 11.5 Å². The van der Waals surface area contributed by atoms with E-state index in [4.69, 9.17) is 9.47 Å². The van der Waals surface area contributed by atoms with E-state index in [1.54, 1.807) is 49.4 Å². The average molecular weight is 407 g/mol. The summed E-state index contributed by atoms with van der Waals surface area (Å²) >= 11 is 0. The number of amides is 3. The molecule has 8 nitrogen and oxygen atoms in total. The lowest BCUT2D eigenvalue weighted by molar-refractivity contribution is -0.136. The number of benzene rings is 2. The van der Waals surface area contributed by atoms with Crippen LogP contribution < -0.4 is 14.8 Å². The molecule has 4 rings (SSSR count). The second-order valence-electron chi connectivity index (χ2n) is 7.39. The van der Waals surface area contributed by atoms with Gasteiger partial charge in [-0.1, -0.05) is 30.3 Å². The Morgan fingerprint density at radius 2 is 1.90 bits per heavy atom. The number of imide groups is 1. The fourth-order valence-corrected chi connectivity index (χ4v) is 3.18. The van der Waals surface area contributed by atoms with Crippen molar-refractivity contribution < 1.29 is 23.9 Å². The van der Waals surface area contributed by atoms with E-state index in [-0.39, 0.29) is 11.9 Å². The van der Waals surface area contributed by atoms with Crippen LogP contribution in [-0.4, -0.2) is 36.2 Å². The fourth-order valence-electron chi connectivity index (χ4n) is 3.18. The molecule has 0 radical (unpaired) electrons. The summed E-state index contributed by atoms with van der Waals surface area (Å²) in [6.07, 6.45) is 3.07. The number of carbonyl (C=O) groups is 3. The number of carbonyl (C=O) groups excluding carboxylic acids is 3. The van der Waals surface area contributed by atoms with Crippen molar-refractivity contribution in [3.05, 3.63) is 59.7 Å². The van der Waals surface area contributed by atoms with E-state index in [9.17, 15) is 14.4 Å². The van der Waals surface area contributed by atoms with Gasteiger partial charge in [0.1, 0.15) is 5.54 Å². The predicted octanol–water partition coefficient (Wildman–Crippen LogP) is 2.81. The molecule has 1 saturated carbocycles. The quantitative estimate of drug-likeness (QED) is 0.344. The monoisotopic (exact) mass is 407 g/mol. The minimum Gasteiger partial charge on any atom is -0.493 e. The predicted molar refractivity (Wildman–Crippen MR) is 108 cm³/mol. The first-order valence-electron chi connectivity index (χ1n) is 9.58. The smallest absolute Gasteiger partial charge is 0.346 e. The average Bonchev–Trinajstić information content (AvgIpc) is 3.57. The van der Waals surface area contributed by atoms with Gasteiger partial charge in [-0.3, -0.25) is 9.59 Å². The van der Waals surface area contributed by atoms with E-state index in [0.29, 0.717) is 22.6 Å². The Kier molecular flexibility index (Phi) is 4.99. The molecule has 154 valence electrons. The van der Waals surface area contributed by atoms with Gasteiger partial charge in [0, 0.05) is 0 Å². The van der Waals surface area contributed by atoms with Crippen LogP contribution in [0.25, 0.3) is 0 Å². The number of nitrogens with zero attached hydrogens (tertiary/aromatic N) is 2. The third-order valence-electron chi connectivity index (χ3n) is 5.15. The summed E-state index contributed by atoms with van der Waals surface area (Å²) in [5.74, 6) is -0.0989. The van der Waals surface area contributed by atoms with Gasteiger partial charge in [-0.15, -0.1) is 5.01 Å². The molecule has 1 heterocycles. The summed E-state index contributed by atoms with van der Waals surface area (Å²) in [6.45, 7) is 1.64. The lowest BCUT2D eigenvalue weighted by Gasteiger charge is -2.20. The van der Waals surface area contributed by atoms with E-state index in [1.165, 1.54) is 13.3 Å². The lowest BCUT2D eigenvalue weighted by Crippen LogP contribution is -2.40. The number of rotatable bonds is 6. The summed E-state index contributed by atoms with van der Waals surface area (Å²) in [7, 11) is 1.47. The maximum atomic E-state index is 12.9. The molecule has 3 amide bonds. The summed E-state index contributed by atoms with van der Waals surface area (Å²) in [4.78, 5) is 37.1. The molecule has 1 saturated heterocycles. The lowest BCUT2D eigenvalue weighted by atomic mass is 9.92. The first-order valence-corrected chi connectivity index (χ1v) is 9.58. The normalized spacial score (nSPS) is 21.1. The molecule has 8 heteroatoms. The Bertz CT molecular complexity index is 1030. The second-order valence-corrected chi connectivity index (χ2v) is 7.39. The maximum absolute atomic E-state index is 12.9. The molecule has 1 aliphatic carbocycles. The molecule has 0 aromatic heterocycles. The first-order chi connectivity index (χ1) is 14.4. The number of urea groups is 1. The number of nitrogens with one attached hydrogen (secondary N) is 1. The number of hydrogen-bond donors (Lipinski definition) is 1. The molecule has 0 bridgehead atoms. The van der Waals surface area contributed by atoms with Crippen molar-refractivity contribution in [3.63, 3.8) is 0 Å². The molecule has 1 N–H and O–H groups in total. The zero-order chi connectivity index (χ0) is 21.3. The summed E-state index contributed by atoms with van der Waals surface area (Å²) in [5.41, 5.74) is 0.0605. The van der Waals surface area contributed by atoms with Crippen LogP contribution in [-0.2, 0) is 15.1 Å². The van der Waals surface area contributed by atoms with Crippen LogP contribution >= 0.6 is 0 Å². The number of esters is 1. The molecule has 1 aliphatic heterocycles. The van der Waals surface area contributed by atoms with Crippen molar-refractivity contribution >= 4 is 24.1 Å². The largest absolute Gasteiger partial charge is 0.493 e. The van der Waals surface area contributed by atoms with Crippen LogP contribution in [0.1, 0.15) is 30.9 Å². The minimum atomic E-state index is -1.19. The van der Waals surface area contributed by atoms with Crippen molar-refractivity contribution in [1.82, 2.24) is 10.3 Å². The Morgan fingerprint density at radius 1 is 1.17 bits per heavy atom. The van der Waals surface area contributed by atoms with E-state index < -0.39 is 17.5 Å². The fraction of sp³-hybridized carbons (Fsp3) is 0.273. The highest BCUT2D eigenvalue weighted by molar-refractivity contribution is 6.07. The van der Waals surface area contributed by atoms with Gasteiger partial charge in [0.15, 0.2) is 11.5 Å². The van der Waals surface area contributed by atoms with Gasteiger partial charge in [0.25, 0.3) is 5.91 Å². The molecular formula is C22H21N3O5. The molecule has 2 aromatic carbocycles. The second kappa shape index (κ2) is 7.62. The minimum absolute atomic E-state index is 0.0328. The van der Waals surface area contributed by atoms with Crippen molar-refractivity contribution in [2.45, 2.75) is 25.3 Å². The van der Waals surface area contributed by atoms with Gasteiger partial charge in [0.05, 0.1) is 19.2 Å². The van der Waals surface area contributed by atoms with E-state index >= 15 is 0 Å². The number of hydrazone groups is 1. The van der Waals surface area contributed by atoms with E-state index in [1.807, 2.05) is 6.07 Å². The van der Waals surface area contributed by atoms with E-state index in [0.717, 1.165) is 17.9 Å². The van der Waals surface area contributed by atoms with Gasteiger partial charge >= 0.3 is 12.0 Å².